The quantitative estimate of drug-likeness (QED) is 0.638. The highest BCUT2D eigenvalue weighted by molar-refractivity contribution is 6.43. The lowest BCUT2D eigenvalue weighted by atomic mass is 9.99. The number of benzene rings is 2. The minimum Gasteiger partial charge on any atom is -0.456 e. The summed E-state index contributed by atoms with van der Waals surface area (Å²) < 4.78 is 5.27. The second-order valence-corrected chi connectivity index (χ2v) is 6.39. The molecule has 2 aliphatic heterocycles. The number of hydrogen-bond acceptors (Lipinski definition) is 6. The lowest BCUT2D eigenvalue weighted by molar-refractivity contribution is -0.141. The molecule has 0 saturated carbocycles. The summed E-state index contributed by atoms with van der Waals surface area (Å²) in [6.07, 6.45) is 0. The van der Waals surface area contributed by atoms with Crippen LogP contribution in [0.1, 0.15) is 11.1 Å². The Morgan fingerprint density at radius 2 is 1.59 bits per heavy atom. The van der Waals surface area contributed by atoms with E-state index in [9.17, 15) is 14.4 Å². The Balaban J connectivity index is 1.45. The first-order chi connectivity index (χ1) is 13.1. The molecule has 1 N–H and O–H groups in total. The first-order valence-corrected chi connectivity index (χ1v) is 8.58. The van der Waals surface area contributed by atoms with Crippen molar-refractivity contribution in [3.8, 4) is 0 Å². The molecule has 136 valence electrons. The van der Waals surface area contributed by atoms with Crippen LogP contribution in [0.4, 0.5) is 0 Å². The zero-order valence-electron chi connectivity index (χ0n) is 14.4. The number of nitrogens with one attached hydrogen (secondary N) is 1. The molecule has 2 aromatic rings. The maximum atomic E-state index is 12.8. The predicted molar refractivity (Wildman–Crippen MR) is 96.1 cm³/mol. The fraction of sp³-hybridized carbons (Fsp3) is 0.200. The van der Waals surface area contributed by atoms with Crippen LogP contribution >= 0.6 is 0 Å². The zero-order valence-corrected chi connectivity index (χ0v) is 14.4. The van der Waals surface area contributed by atoms with Gasteiger partial charge in [0.25, 0.3) is 5.91 Å². The summed E-state index contributed by atoms with van der Waals surface area (Å²) in [5.41, 5.74) is 4.23. The summed E-state index contributed by atoms with van der Waals surface area (Å²) in [5, 5.41) is 3.90. The average molecular weight is 363 g/mol. The molecule has 0 unspecified atom stereocenters. The van der Waals surface area contributed by atoms with E-state index in [0.29, 0.717) is 0 Å². The molecule has 27 heavy (non-hydrogen) atoms. The maximum Gasteiger partial charge on any atom is 0.355 e. The number of carbonyl (C=O) groups excluding carboxylic acids is 3. The van der Waals surface area contributed by atoms with Crippen LogP contribution in [0.3, 0.4) is 0 Å². The van der Waals surface area contributed by atoms with Crippen LogP contribution in [0, 0.1) is 5.92 Å². The van der Waals surface area contributed by atoms with Gasteiger partial charge in [-0.1, -0.05) is 60.7 Å². The third-order valence-corrected chi connectivity index (χ3v) is 4.62. The molecule has 0 aromatic heterocycles. The van der Waals surface area contributed by atoms with Gasteiger partial charge in [-0.15, -0.1) is 0 Å². The van der Waals surface area contributed by atoms with Gasteiger partial charge in [0.15, 0.2) is 5.71 Å². The van der Waals surface area contributed by atoms with E-state index in [0.717, 1.165) is 16.0 Å². The van der Waals surface area contributed by atoms with Crippen LogP contribution < -0.4 is 5.43 Å². The minimum atomic E-state index is -0.940. The van der Waals surface area contributed by atoms with E-state index in [2.05, 4.69) is 10.5 Å². The third kappa shape index (κ3) is 3.19. The van der Waals surface area contributed by atoms with Crippen LogP contribution in [-0.4, -0.2) is 34.4 Å². The Hall–Kier alpha value is -3.48. The molecular formula is C20H17N3O4. The van der Waals surface area contributed by atoms with Gasteiger partial charge in [0.2, 0.25) is 5.91 Å². The number of rotatable bonds is 5. The number of nitrogens with zero attached hydrogens (tertiary/aromatic N) is 2. The second-order valence-electron chi connectivity index (χ2n) is 6.39. The lowest BCUT2D eigenvalue weighted by Crippen LogP contribution is -2.35. The van der Waals surface area contributed by atoms with E-state index in [-0.39, 0.29) is 24.8 Å². The van der Waals surface area contributed by atoms with Crippen molar-refractivity contribution in [2.24, 2.45) is 11.0 Å². The van der Waals surface area contributed by atoms with Crippen molar-refractivity contribution < 1.29 is 19.1 Å². The van der Waals surface area contributed by atoms with Crippen LogP contribution in [0.15, 0.2) is 65.8 Å². The Morgan fingerprint density at radius 3 is 2.26 bits per heavy atom. The van der Waals surface area contributed by atoms with Crippen molar-refractivity contribution in [2.45, 2.75) is 19.2 Å². The van der Waals surface area contributed by atoms with Gasteiger partial charge in [-0.05, 0) is 11.1 Å². The molecule has 0 aliphatic carbocycles. The van der Waals surface area contributed by atoms with Crippen LogP contribution in [0.25, 0.3) is 0 Å². The molecule has 0 spiro atoms. The SMILES string of the molecule is O=C(OCc1ccccc1)C1=NN[C@@H]2C(=O)N(Cc3ccccc3)C(=O)[C@H]12. The Morgan fingerprint density at radius 1 is 0.963 bits per heavy atom. The van der Waals surface area contributed by atoms with Gasteiger partial charge >= 0.3 is 5.97 Å². The number of hydrazone groups is 1. The number of likely N-dealkylation sites (tertiary alicyclic amines) is 1. The van der Waals surface area contributed by atoms with Crippen LogP contribution in [0.2, 0.25) is 0 Å². The summed E-state index contributed by atoms with van der Waals surface area (Å²) in [4.78, 5) is 38.9. The van der Waals surface area contributed by atoms with Crippen LogP contribution in [-0.2, 0) is 32.3 Å². The molecule has 4 rings (SSSR count). The smallest absolute Gasteiger partial charge is 0.355 e. The average Bonchev–Trinajstić information content (AvgIpc) is 3.24. The summed E-state index contributed by atoms with van der Waals surface area (Å²) in [6, 6.07) is 17.6. The topological polar surface area (TPSA) is 88.1 Å². The normalized spacial score (nSPS) is 20.9. The van der Waals surface area contributed by atoms with E-state index in [1.54, 1.807) is 0 Å². The molecule has 2 amide bonds. The minimum absolute atomic E-state index is 0.0511. The number of carbonyl (C=O) groups is 3. The highest BCUT2D eigenvalue weighted by Crippen LogP contribution is 2.28. The van der Waals surface area contributed by atoms with E-state index >= 15 is 0 Å². The second kappa shape index (κ2) is 7.03. The number of fused-ring (bicyclic) bond motifs is 1. The lowest BCUT2D eigenvalue weighted by Gasteiger charge is -2.15. The Bertz CT molecular complexity index is 911. The molecule has 1 fully saturated rings. The molecule has 7 heteroatoms. The largest absolute Gasteiger partial charge is 0.456 e. The number of esters is 1. The molecule has 2 heterocycles. The Kier molecular flexibility index (Phi) is 4.42. The first-order valence-electron chi connectivity index (χ1n) is 8.58. The van der Waals surface area contributed by atoms with Crippen molar-refractivity contribution in [1.29, 1.82) is 0 Å². The van der Waals surface area contributed by atoms with Gasteiger partial charge in [-0.2, -0.15) is 5.10 Å². The van der Waals surface area contributed by atoms with E-state index < -0.39 is 23.8 Å². The highest BCUT2D eigenvalue weighted by atomic mass is 16.5. The summed E-state index contributed by atoms with van der Waals surface area (Å²) >= 11 is 0. The van der Waals surface area contributed by atoms with Crippen molar-refractivity contribution >= 4 is 23.5 Å². The highest BCUT2D eigenvalue weighted by Gasteiger charge is 2.55. The molecule has 7 nitrogen and oxygen atoms in total. The summed E-state index contributed by atoms with van der Waals surface area (Å²) in [6.45, 7) is 0.242. The molecule has 1 saturated heterocycles. The Labute approximate surface area is 155 Å². The van der Waals surface area contributed by atoms with Crippen molar-refractivity contribution in [3.05, 3.63) is 71.8 Å². The van der Waals surface area contributed by atoms with Gasteiger partial charge in [0.05, 0.1) is 6.54 Å². The van der Waals surface area contributed by atoms with E-state index in [4.69, 9.17) is 4.74 Å². The van der Waals surface area contributed by atoms with Crippen molar-refractivity contribution in [1.82, 2.24) is 10.3 Å². The number of amides is 2. The molecule has 0 bridgehead atoms. The molecule has 2 atom stereocenters. The molecule has 0 radical (unpaired) electrons. The maximum absolute atomic E-state index is 12.8. The van der Waals surface area contributed by atoms with E-state index in [1.807, 2.05) is 60.7 Å². The molecule has 2 aliphatic rings. The standard InChI is InChI=1S/C20H17N3O4/c24-18-15-16(19(25)23(18)11-13-7-3-1-4-8-13)21-22-17(15)20(26)27-12-14-9-5-2-6-10-14/h1-10,15-16,21H,11-12H2/t15-,16-/m0/s1. The predicted octanol–water partition coefficient (Wildman–Crippen LogP) is 1.24. The van der Waals surface area contributed by atoms with Crippen LogP contribution in [0.5, 0.6) is 0 Å². The van der Waals surface area contributed by atoms with Gasteiger partial charge in [-0.3, -0.25) is 19.9 Å². The monoisotopic (exact) mass is 363 g/mol. The van der Waals surface area contributed by atoms with Gasteiger partial charge in [0, 0.05) is 0 Å². The van der Waals surface area contributed by atoms with Gasteiger partial charge in [-0.25, -0.2) is 4.79 Å². The van der Waals surface area contributed by atoms with E-state index in [1.165, 1.54) is 0 Å². The van der Waals surface area contributed by atoms with Crippen molar-refractivity contribution in [3.63, 3.8) is 0 Å². The first kappa shape index (κ1) is 17.0. The van der Waals surface area contributed by atoms with Gasteiger partial charge in [0.1, 0.15) is 18.6 Å². The zero-order chi connectivity index (χ0) is 18.8. The van der Waals surface area contributed by atoms with Gasteiger partial charge < -0.3 is 4.74 Å². The number of hydrogen-bond donors (Lipinski definition) is 1. The fourth-order valence-electron chi connectivity index (χ4n) is 3.23. The molecular weight excluding hydrogens is 346 g/mol. The number of imide groups is 1. The fourth-order valence-corrected chi connectivity index (χ4v) is 3.23. The number of ether oxygens (including phenoxy) is 1. The van der Waals surface area contributed by atoms with Crippen molar-refractivity contribution in [2.75, 3.05) is 0 Å². The third-order valence-electron chi connectivity index (χ3n) is 4.62. The summed E-state index contributed by atoms with van der Waals surface area (Å²) in [5.74, 6) is -2.45. The summed E-state index contributed by atoms with van der Waals surface area (Å²) in [7, 11) is 0. The molecule has 2 aromatic carbocycles.